The fourth-order valence-corrected chi connectivity index (χ4v) is 3.59. The molecule has 0 bridgehead atoms. The van der Waals surface area contributed by atoms with Crippen LogP contribution < -0.4 is 5.32 Å². The van der Waals surface area contributed by atoms with Gasteiger partial charge in [-0.05, 0) is 31.4 Å². The van der Waals surface area contributed by atoms with Crippen molar-refractivity contribution in [2.45, 2.75) is 33.3 Å². The number of amides is 2. The van der Waals surface area contributed by atoms with Gasteiger partial charge in [-0.1, -0.05) is 13.8 Å². The third-order valence-electron chi connectivity index (χ3n) is 3.84. The highest BCUT2D eigenvalue weighted by atomic mass is 32.1. The first-order valence-corrected chi connectivity index (χ1v) is 9.02. The molecular weight excluding hydrogens is 326 g/mol. The van der Waals surface area contributed by atoms with Gasteiger partial charge in [-0.15, -0.1) is 11.3 Å². The Bertz CT molecular complexity index is 681. The molecule has 6 nitrogen and oxygen atoms in total. The molecule has 2 amide bonds. The van der Waals surface area contributed by atoms with E-state index >= 15 is 0 Å². The van der Waals surface area contributed by atoms with Gasteiger partial charge in [-0.2, -0.15) is 0 Å². The molecule has 0 aliphatic carbocycles. The van der Waals surface area contributed by atoms with Crippen LogP contribution in [0, 0.1) is 12.8 Å². The lowest BCUT2D eigenvalue weighted by Gasteiger charge is -2.31. The molecule has 1 saturated heterocycles. The molecule has 24 heavy (non-hydrogen) atoms. The fourth-order valence-electron chi connectivity index (χ4n) is 2.75. The monoisotopic (exact) mass is 349 g/mol. The molecule has 0 saturated carbocycles. The SMILES string of the molecule is Cc1nc(CC(C)C)c(NC(=O)N2CCOC(c3ccco3)C2)s1. The van der Waals surface area contributed by atoms with E-state index in [4.69, 9.17) is 9.15 Å². The Morgan fingerprint density at radius 2 is 2.38 bits per heavy atom. The van der Waals surface area contributed by atoms with Gasteiger partial charge < -0.3 is 14.1 Å². The molecule has 7 heteroatoms. The smallest absolute Gasteiger partial charge is 0.322 e. The third-order valence-corrected chi connectivity index (χ3v) is 4.77. The zero-order valence-electron chi connectivity index (χ0n) is 14.2. The quantitative estimate of drug-likeness (QED) is 0.910. The van der Waals surface area contributed by atoms with Gasteiger partial charge in [0.05, 0.1) is 30.1 Å². The predicted molar refractivity (Wildman–Crippen MR) is 93.4 cm³/mol. The Hall–Kier alpha value is -1.86. The van der Waals surface area contributed by atoms with Crippen molar-refractivity contribution < 1.29 is 13.9 Å². The molecule has 0 spiro atoms. The number of nitrogens with one attached hydrogen (secondary N) is 1. The summed E-state index contributed by atoms with van der Waals surface area (Å²) in [6, 6.07) is 3.60. The van der Waals surface area contributed by atoms with Crippen molar-refractivity contribution in [2.24, 2.45) is 5.92 Å². The normalized spacial score (nSPS) is 18.2. The van der Waals surface area contributed by atoms with Crippen molar-refractivity contribution in [3.05, 3.63) is 34.9 Å². The number of ether oxygens (including phenoxy) is 1. The number of hydrogen-bond acceptors (Lipinski definition) is 5. The average molecular weight is 349 g/mol. The van der Waals surface area contributed by atoms with Crippen molar-refractivity contribution >= 4 is 22.4 Å². The summed E-state index contributed by atoms with van der Waals surface area (Å²) in [5.41, 5.74) is 0.969. The van der Waals surface area contributed by atoms with Crippen LogP contribution in [0.5, 0.6) is 0 Å². The van der Waals surface area contributed by atoms with Gasteiger partial charge in [-0.3, -0.25) is 5.32 Å². The molecule has 2 aromatic heterocycles. The van der Waals surface area contributed by atoms with E-state index in [1.165, 1.54) is 11.3 Å². The summed E-state index contributed by atoms with van der Waals surface area (Å²) >= 11 is 1.53. The predicted octanol–water partition coefficient (Wildman–Crippen LogP) is 3.85. The van der Waals surface area contributed by atoms with Crippen LogP contribution in [0.3, 0.4) is 0 Å². The zero-order chi connectivity index (χ0) is 17.1. The number of hydrogen-bond donors (Lipinski definition) is 1. The number of carbonyl (C=O) groups excluding carboxylic acids is 1. The van der Waals surface area contributed by atoms with Gasteiger partial charge in [0.15, 0.2) is 0 Å². The molecule has 1 aliphatic heterocycles. The lowest BCUT2D eigenvalue weighted by atomic mass is 10.1. The second-order valence-corrected chi connectivity index (χ2v) is 7.56. The summed E-state index contributed by atoms with van der Waals surface area (Å²) in [6.07, 6.45) is 2.27. The number of aryl methyl sites for hydroxylation is 1. The van der Waals surface area contributed by atoms with Crippen LogP contribution in [0.2, 0.25) is 0 Å². The molecule has 0 aromatic carbocycles. The summed E-state index contributed by atoms with van der Waals surface area (Å²) in [5, 5.41) is 4.85. The first-order valence-electron chi connectivity index (χ1n) is 8.20. The summed E-state index contributed by atoms with van der Waals surface area (Å²) in [5.74, 6) is 1.25. The van der Waals surface area contributed by atoms with Gasteiger partial charge in [0.2, 0.25) is 0 Å². The molecule has 0 radical (unpaired) electrons. The van der Waals surface area contributed by atoms with Gasteiger partial charge >= 0.3 is 6.03 Å². The molecule has 1 unspecified atom stereocenters. The molecule has 2 aromatic rings. The van der Waals surface area contributed by atoms with Gasteiger partial charge in [0.25, 0.3) is 0 Å². The number of carbonyl (C=O) groups is 1. The molecule has 1 fully saturated rings. The maximum Gasteiger partial charge on any atom is 0.322 e. The lowest BCUT2D eigenvalue weighted by molar-refractivity contribution is -0.0242. The standard InChI is InChI=1S/C17H23N3O3S/c1-11(2)9-13-16(24-12(3)18-13)19-17(21)20-6-8-23-15(10-20)14-5-4-7-22-14/h4-5,7,11,15H,6,8-10H2,1-3H3,(H,19,21). The van der Waals surface area contributed by atoms with Crippen molar-refractivity contribution in [3.8, 4) is 0 Å². The number of furan rings is 1. The number of morpholine rings is 1. The molecule has 3 rings (SSSR count). The maximum absolute atomic E-state index is 12.6. The second-order valence-electron chi connectivity index (χ2n) is 6.36. The molecule has 1 N–H and O–H groups in total. The van der Waals surface area contributed by atoms with Gasteiger partial charge in [0, 0.05) is 6.54 Å². The summed E-state index contributed by atoms with van der Waals surface area (Å²) in [6.45, 7) is 7.81. The van der Waals surface area contributed by atoms with E-state index in [0.717, 1.165) is 27.9 Å². The molecule has 1 aliphatic rings. The van der Waals surface area contributed by atoms with E-state index in [-0.39, 0.29) is 12.1 Å². The number of anilines is 1. The molecular formula is C17H23N3O3S. The second kappa shape index (κ2) is 7.36. The molecule has 130 valence electrons. The van der Waals surface area contributed by atoms with E-state index in [2.05, 4.69) is 24.1 Å². The Labute approximate surface area is 145 Å². The summed E-state index contributed by atoms with van der Waals surface area (Å²) < 4.78 is 11.1. The molecule has 1 atom stereocenters. The van der Waals surface area contributed by atoms with Crippen LogP contribution in [-0.2, 0) is 11.2 Å². The number of nitrogens with zero attached hydrogens (tertiary/aromatic N) is 2. The average Bonchev–Trinajstić information content (AvgIpc) is 3.17. The zero-order valence-corrected chi connectivity index (χ0v) is 15.1. The van der Waals surface area contributed by atoms with Crippen LogP contribution in [0.15, 0.2) is 22.8 Å². The number of thiazole rings is 1. The fraction of sp³-hybridized carbons (Fsp3) is 0.529. The number of urea groups is 1. The minimum atomic E-state index is -0.210. The number of aromatic nitrogens is 1. The van der Waals surface area contributed by atoms with Crippen LogP contribution in [0.25, 0.3) is 0 Å². The first kappa shape index (κ1) is 17.0. The van der Waals surface area contributed by atoms with Crippen molar-refractivity contribution in [1.82, 2.24) is 9.88 Å². The maximum atomic E-state index is 12.6. The summed E-state index contributed by atoms with van der Waals surface area (Å²) in [7, 11) is 0. The Kier molecular flexibility index (Phi) is 5.20. The van der Waals surface area contributed by atoms with Crippen molar-refractivity contribution in [2.75, 3.05) is 25.0 Å². The van der Waals surface area contributed by atoms with E-state index in [0.29, 0.717) is 25.6 Å². The van der Waals surface area contributed by atoms with E-state index in [9.17, 15) is 4.79 Å². The topological polar surface area (TPSA) is 67.6 Å². The van der Waals surface area contributed by atoms with Gasteiger partial charge in [-0.25, -0.2) is 9.78 Å². The lowest BCUT2D eigenvalue weighted by Crippen LogP contribution is -2.44. The van der Waals surface area contributed by atoms with Crippen molar-refractivity contribution in [1.29, 1.82) is 0 Å². The van der Waals surface area contributed by atoms with Crippen LogP contribution in [0.4, 0.5) is 9.80 Å². The highest BCUT2D eigenvalue weighted by Gasteiger charge is 2.27. The van der Waals surface area contributed by atoms with Crippen LogP contribution in [-0.4, -0.2) is 35.6 Å². The van der Waals surface area contributed by atoms with E-state index in [1.807, 2.05) is 19.1 Å². The summed E-state index contributed by atoms with van der Waals surface area (Å²) in [4.78, 5) is 19.0. The first-order chi connectivity index (χ1) is 11.5. The third kappa shape index (κ3) is 3.96. The van der Waals surface area contributed by atoms with Gasteiger partial charge in [0.1, 0.15) is 16.9 Å². The Morgan fingerprint density at radius 1 is 1.54 bits per heavy atom. The Balaban J connectivity index is 1.66. The van der Waals surface area contributed by atoms with E-state index in [1.54, 1.807) is 11.2 Å². The highest BCUT2D eigenvalue weighted by molar-refractivity contribution is 7.16. The minimum Gasteiger partial charge on any atom is -0.467 e. The van der Waals surface area contributed by atoms with Crippen LogP contribution >= 0.6 is 11.3 Å². The minimum absolute atomic E-state index is 0.108. The number of rotatable bonds is 4. The van der Waals surface area contributed by atoms with Crippen molar-refractivity contribution in [3.63, 3.8) is 0 Å². The molecule has 3 heterocycles. The highest BCUT2D eigenvalue weighted by Crippen LogP contribution is 2.28. The largest absolute Gasteiger partial charge is 0.467 e. The van der Waals surface area contributed by atoms with E-state index < -0.39 is 0 Å². The van der Waals surface area contributed by atoms with Crippen LogP contribution in [0.1, 0.15) is 36.4 Å². The Morgan fingerprint density at radius 3 is 3.08 bits per heavy atom.